The van der Waals surface area contributed by atoms with E-state index in [1.54, 1.807) is 38.3 Å². The summed E-state index contributed by atoms with van der Waals surface area (Å²) in [5, 5.41) is 3.02. The van der Waals surface area contributed by atoms with Crippen molar-refractivity contribution in [1.29, 1.82) is 0 Å². The van der Waals surface area contributed by atoms with Crippen LogP contribution in [0.3, 0.4) is 0 Å². The van der Waals surface area contributed by atoms with Gasteiger partial charge in [-0.1, -0.05) is 26.7 Å². The van der Waals surface area contributed by atoms with E-state index < -0.39 is 12.1 Å². The molecule has 1 aromatic rings. The normalized spacial score (nSPS) is 23.6. The highest BCUT2D eigenvalue weighted by molar-refractivity contribution is 5.83. The molecule has 0 heterocycles. The average molecular weight is 363 g/mol. The van der Waals surface area contributed by atoms with Crippen molar-refractivity contribution in [3.63, 3.8) is 0 Å². The molecule has 26 heavy (non-hydrogen) atoms. The van der Waals surface area contributed by atoms with Gasteiger partial charge in [0, 0.05) is 6.04 Å². The molecule has 1 saturated carbocycles. The summed E-state index contributed by atoms with van der Waals surface area (Å²) in [6.45, 7) is 5.70. The summed E-state index contributed by atoms with van der Waals surface area (Å²) in [4.78, 5) is 24.2. The monoisotopic (exact) mass is 363 g/mol. The number of ether oxygens (including phenoxy) is 3. The molecule has 1 aliphatic rings. The van der Waals surface area contributed by atoms with Crippen molar-refractivity contribution in [2.24, 2.45) is 11.8 Å². The van der Waals surface area contributed by atoms with Crippen molar-refractivity contribution in [3.8, 4) is 11.5 Å². The lowest BCUT2D eigenvalue weighted by molar-refractivity contribution is -0.157. The van der Waals surface area contributed by atoms with E-state index in [2.05, 4.69) is 19.2 Å². The molecule has 1 fully saturated rings. The highest BCUT2D eigenvalue weighted by Gasteiger charge is 2.30. The molecule has 0 unspecified atom stereocenters. The zero-order valence-corrected chi connectivity index (χ0v) is 16.0. The Morgan fingerprint density at radius 1 is 1.15 bits per heavy atom. The van der Waals surface area contributed by atoms with Crippen molar-refractivity contribution in [1.82, 2.24) is 5.32 Å². The standard InChI is InChI=1S/C20H29NO5/c1-13-6-5-7-18(14(13)2)21-20(23)15(3)26-19(22)12-25-17-10-8-16(24-4)9-11-17/h8-11,13-15,18H,5-7,12H2,1-4H3,(H,21,23)/t13-,14+,15+,18-/m0/s1. The van der Waals surface area contributed by atoms with Gasteiger partial charge >= 0.3 is 5.97 Å². The Labute approximate surface area is 155 Å². The van der Waals surface area contributed by atoms with E-state index >= 15 is 0 Å². The first-order valence-electron chi connectivity index (χ1n) is 9.17. The summed E-state index contributed by atoms with van der Waals surface area (Å²) in [6.07, 6.45) is 2.44. The maximum atomic E-state index is 12.3. The van der Waals surface area contributed by atoms with Crippen LogP contribution in [0.1, 0.15) is 40.0 Å². The van der Waals surface area contributed by atoms with E-state index in [9.17, 15) is 9.59 Å². The number of amides is 1. The fraction of sp³-hybridized carbons (Fsp3) is 0.600. The quantitative estimate of drug-likeness (QED) is 0.754. The molecule has 4 atom stereocenters. The molecule has 144 valence electrons. The summed E-state index contributed by atoms with van der Waals surface area (Å²) in [5.74, 6) is 1.42. The highest BCUT2D eigenvalue weighted by Crippen LogP contribution is 2.29. The molecule has 0 aromatic heterocycles. The van der Waals surface area contributed by atoms with Gasteiger partial charge in [0.25, 0.3) is 5.91 Å². The summed E-state index contributed by atoms with van der Waals surface area (Å²) in [5.41, 5.74) is 0. The predicted octanol–water partition coefficient (Wildman–Crippen LogP) is 2.95. The maximum Gasteiger partial charge on any atom is 0.344 e. The Balaban J connectivity index is 1.75. The molecule has 0 spiro atoms. The topological polar surface area (TPSA) is 73.9 Å². The fourth-order valence-electron chi connectivity index (χ4n) is 3.18. The molecule has 6 heteroatoms. The predicted molar refractivity (Wildman–Crippen MR) is 98.2 cm³/mol. The minimum absolute atomic E-state index is 0.142. The Morgan fingerprint density at radius 2 is 1.81 bits per heavy atom. The molecule has 0 radical (unpaired) electrons. The van der Waals surface area contributed by atoms with Gasteiger partial charge in [0.05, 0.1) is 7.11 Å². The maximum absolute atomic E-state index is 12.3. The molecule has 1 aliphatic carbocycles. The molecule has 0 saturated heterocycles. The SMILES string of the molecule is COc1ccc(OCC(=O)O[C@H](C)C(=O)N[C@H]2CCC[C@H](C)[C@H]2C)cc1. The lowest BCUT2D eigenvalue weighted by atomic mass is 9.78. The van der Waals surface area contributed by atoms with Crippen LogP contribution in [0.4, 0.5) is 0 Å². The minimum Gasteiger partial charge on any atom is -0.497 e. The van der Waals surface area contributed by atoms with Crippen LogP contribution in [0, 0.1) is 11.8 Å². The van der Waals surface area contributed by atoms with Crippen LogP contribution in [0.5, 0.6) is 11.5 Å². The van der Waals surface area contributed by atoms with Gasteiger partial charge in [-0.25, -0.2) is 4.79 Å². The van der Waals surface area contributed by atoms with Crippen LogP contribution in [-0.4, -0.2) is 37.7 Å². The van der Waals surface area contributed by atoms with E-state index in [0.29, 0.717) is 23.3 Å². The molecule has 1 amide bonds. The van der Waals surface area contributed by atoms with Crippen molar-refractivity contribution >= 4 is 11.9 Å². The smallest absolute Gasteiger partial charge is 0.344 e. The van der Waals surface area contributed by atoms with Gasteiger partial charge in [0.15, 0.2) is 12.7 Å². The Hall–Kier alpha value is -2.24. The summed E-state index contributed by atoms with van der Waals surface area (Å²) < 4.78 is 15.6. The van der Waals surface area contributed by atoms with Gasteiger partial charge in [-0.2, -0.15) is 0 Å². The summed E-state index contributed by atoms with van der Waals surface area (Å²) in [6, 6.07) is 7.02. The lowest BCUT2D eigenvalue weighted by Crippen LogP contribution is -2.47. The Morgan fingerprint density at radius 3 is 2.46 bits per heavy atom. The second-order valence-electron chi connectivity index (χ2n) is 6.98. The summed E-state index contributed by atoms with van der Waals surface area (Å²) >= 11 is 0. The minimum atomic E-state index is -0.841. The van der Waals surface area contributed by atoms with E-state index in [0.717, 1.165) is 12.8 Å². The third kappa shape index (κ3) is 5.64. The lowest BCUT2D eigenvalue weighted by Gasteiger charge is -2.35. The molecular formula is C20H29NO5. The molecule has 1 aromatic carbocycles. The largest absolute Gasteiger partial charge is 0.497 e. The number of hydrogen-bond donors (Lipinski definition) is 1. The third-order valence-corrected chi connectivity index (χ3v) is 5.13. The number of methoxy groups -OCH3 is 1. The van der Waals surface area contributed by atoms with Gasteiger partial charge in [-0.3, -0.25) is 4.79 Å². The number of benzene rings is 1. The molecule has 1 N–H and O–H groups in total. The molecular weight excluding hydrogens is 334 g/mol. The second kappa shape index (κ2) is 9.46. The Bertz CT molecular complexity index is 601. The Kier molecular flexibility index (Phi) is 7.30. The third-order valence-electron chi connectivity index (χ3n) is 5.13. The average Bonchev–Trinajstić information content (AvgIpc) is 2.64. The van der Waals surface area contributed by atoms with Crippen molar-refractivity contribution in [2.75, 3.05) is 13.7 Å². The molecule has 6 nitrogen and oxygen atoms in total. The number of esters is 1. The fourth-order valence-corrected chi connectivity index (χ4v) is 3.18. The number of carbonyl (C=O) groups excluding carboxylic acids is 2. The molecule has 2 rings (SSSR count). The molecule has 0 aliphatic heterocycles. The van der Waals surface area contributed by atoms with Crippen LogP contribution >= 0.6 is 0 Å². The van der Waals surface area contributed by atoms with Gasteiger partial charge in [0.2, 0.25) is 0 Å². The second-order valence-corrected chi connectivity index (χ2v) is 6.98. The first-order chi connectivity index (χ1) is 12.4. The van der Waals surface area contributed by atoms with E-state index in [-0.39, 0.29) is 18.6 Å². The van der Waals surface area contributed by atoms with Crippen molar-refractivity contribution < 1.29 is 23.8 Å². The first-order valence-corrected chi connectivity index (χ1v) is 9.17. The number of hydrogen-bond acceptors (Lipinski definition) is 5. The number of carbonyl (C=O) groups is 2. The van der Waals surface area contributed by atoms with E-state index in [4.69, 9.17) is 14.2 Å². The van der Waals surface area contributed by atoms with Crippen LogP contribution < -0.4 is 14.8 Å². The van der Waals surface area contributed by atoms with Gasteiger partial charge in [-0.15, -0.1) is 0 Å². The zero-order valence-electron chi connectivity index (χ0n) is 16.0. The van der Waals surface area contributed by atoms with Crippen LogP contribution in [-0.2, 0) is 14.3 Å². The van der Waals surface area contributed by atoms with Gasteiger partial charge in [0.1, 0.15) is 11.5 Å². The van der Waals surface area contributed by atoms with Crippen molar-refractivity contribution in [3.05, 3.63) is 24.3 Å². The van der Waals surface area contributed by atoms with E-state index in [1.165, 1.54) is 6.42 Å². The molecule has 0 bridgehead atoms. The first kappa shape index (κ1) is 20.1. The van der Waals surface area contributed by atoms with Gasteiger partial charge < -0.3 is 19.5 Å². The van der Waals surface area contributed by atoms with Crippen LogP contribution in [0.25, 0.3) is 0 Å². The van der Waals surface area contributed by atoms with Crippen LogP contribution in [0.2, 0.25) is 0 Å². The van der Waals surface area contributed by atoms with Gasteiger partial charge in [-0.05, 0) is 49.4 Å². The summed E-state index contributed by atoms with van der Waals surface area (Å²) in [7, 11) is 1.58. The number of rotatable bonds is 7. The van der Waals surface area contributed by atoms with Crippen LogP contribution in [0.15, 0.2) is 24.3 Å². The van der Waals surface area contributed by atoms with Crippen molar-refractivity contribution in [2.45, 2.75) is 52.2 Å². The van der Waals surface area contributed by atoms with E-state index in [1.807, 2.05) is 0 Å². The number of nitrogens with one attached hydrogen (secondary N) is 1. The zero-order chi connectivity index (χ0) is 19.1. The highest BCUT2D eigenvalue weighted by atomic mass is 16.6.